The van der Waals surface area contributed by atoms with Gasteiger partial charge in [-0.05, 0) is 43.7 Å². The second-order valence-electron chi connectivity index (χ2n) is 5.68. The van der Waals surface area contributed by atoms with Gasteiger partial charge in [0.15, 0.2) is 0 Å². The van der Waals surface area contributed by atoms with Crippen molar-refractivity contribution in [1.29, 1.82) is 0 Å². The number of phenolic OH excluding ortho intramolecular Hbond substituents is 1. The summed E-state index contributed by atoms with van der Waals surface area (Å²) in [5.74, 6) is 0.938. The van der Waals surface area contributed by atoms with E-state index in [-0.39, 0.29) is 5.91 Å². The summed E-state index contributed by atoms with van der Waals surface area (Å²) in [6.45, 7) is 2.31. The average molecular weight is 275 g/mol. The zero-order valence-electron chi connectivity index (χ0n) is 11.7. The quantitative estimate of drug-likeness (QED) is 0.902. The molecule has 2 heterocycles. The summed E-state index contributed by atoms with van der Waals surface area (Å²) in [4.78, 5) is 14.4. The lowest BCUT2D eigenvalue weighted by molar-refractivity contribution is -0.120. The van der Waals surface area contributed by atoms with Crippen molar-refractivity contribution in [2.45, 2.75) is 32.1 Å². The molecule has 3 rings (SSSR count). The van der Waals surface area contributed by atoms with Crippen molar-refractivity contribution in [1.82, 2.24) is 0 Å². The van der Waals surface area contributed by atoms with Crippen LogP contribution in [0.5, 0.6) is 5.75 Å². The Morgan fingerprint density at radius 1 is 1.35 bits per heavy atom. The molecular formula is C16H21NO3. The molecule has 0 aliphatic carbocycles. The van der Waals surface area contributed by atoms with E-state index in [1.165, 1.54) is 0 Å². The molecule has 0 aromatic heterocycles. The Labute approximate surface area is 119 Å². The molecule has 20 heavy (non-hydrogen) atoms. The molecule has 1 fully saturated rings. The van der Waals surface area contributed by atoms with Gasteiger partial charge in [0.05, 0.1) is 5.69 Å². The minimum absolute atomic E-state index is 0.184. The Balaban J connectivity index is 1.74. The highest BCUT2D eigenvalue weighted by atomic mass is 16.5. The first kappa shape index (κ1) is 13.4. The summed E-state index contributed by atoms with van der Waals surface area (Å²) in [6, 6.07) is 5.45. The number of carbonyl (C=O) groups is 1. The van der Waals surface area contributed by atoms with Crippen LogP contribution in [0.3, 0.4) is 0 Å². The second-order valence-corrected chi connectivity index (χ2v) is 5.68. The van der Waals surface area contributed by atoms with Crippen molar-refractivity contribution >= 4 is 11.6 Å². The molecule has 0 spiro atoms. The van der Waals surface area contributed by atoms with Crippen molar-refractivity contribution in [3.05, 3.63) is 23.8 Å². The van der Waals surface area contributed by atoms with Crippen LogP contribution in [0.1, 0.15) is 31.2 Å². The van der Waals surface area contributed by atoms with E-state index in [0.717, 1.165) is 56.7 Å². The van der Waals surface area contributed by atoms with Crippen molar-refractivity contribution in [2.75, 3.05) is 24.7 Å². The lowest BCUT2D eigenvalue weighted by atomic mass is 9.94. The van der Waals surface area contributed by atoms with Gasteiger partial charge in [-0.2, -0.15) is 0 Å². The molecule has 1 amide bonds. The van der Waals surface area contributed by atoms with Gasteiger partial charge >= 0.3 is 0 Å². The lowest BCUT2D eigenvalue weighted by Gasteiger charge is -2.31. The topological polar surface area (TPSA) is 49.8 Å². The summed E-state index contributed by atoms with van der Waals surface area (Å²) in [5, 5.41) is 9.92. The van der Waals surface area contributed by atoms with Gasteiger partial charge in [-0.3, -0.25) is 4.79 Å². The van der Waals surface area contributed by atoms with Crippen molar-refractivity contribution < 1.29 is 14.6 Å². The van der Waals surface area contributed by atoms with E-state index in [2.05, 4.69) is 0 Å². The van der Waals surface area contributed by atoms with Gasteiger partial charge in [0.25, 0.3) is 0 Å². The molecule has 1 aromatic rings. The van der Waals surface area contributed by atoms with Crippen LogP contribution in [0.2, 0.25) is 0 Å². The number of carbonyl (C=O) groups excluding carboxylic acids is 1. The molecule has 0 bridgehead atoms. The van der Waals surface area contributed by atoms with Crippen molar-refractivity contribution in [3.8, 4) is 5.75 Å². The van der Waals surface area contributed by atoms with Gasteiger partial charge in [0.2, 0.25) is 5.91 Å². The number of aromatic hydroxyl groups is 1. The molecule has 1 N–H and O–H groups in total. The van der Waals surface area contributed by atoms with Crippen LogP contribution in [0.25, 0.3) is 0 Å². The number of amides is 1. The van der Waals surface area contributed by atoms with Crippen LogP contribution in [0.15, 0.2) is 18.2 Å². The number of hydrogen-bond donors (Lipinski definition) is 1. The van der Waals surface area contributed by atoms with Crippen LogP contribution in [-0.4, -0.2) is 30.8 Å². The van der Waals surface area contributed by atoms with Gasteiger partial charge in [0, 0.05) is 31.7 Å². The predicted octanol–water partition coefficient (Wildman–Crippen LogP) is 2.49. The number of ether oxygens (including phenoxy) is 1. The first-order valence-corrected chi connectivity index (χ1v) is 7.44. The van der Waals surface area contributed by atoms with Crippen LogP contribution >= 0.6 is 0 Å². The number of hydrogen-bond acceptors (Lipinski definition) is 3. The van der Waals surface area contributed by atoms with E-state index in [0.29, 0.717) is 18.1 Å². The smallest absolute Gasteiger partial charge is 0.227 e. The summed E-state index contributed by atoms with van der Waals surface area (Å²) >= 11 is 0. The Morgan fingerprint density at radius 3 is 2.95 bits per heavy atom. The molecule has 4 nitrogen and oxygen atoms in total. The molecule has 2 aliphatic rings. The van der Waals surface area contributed by atoms with Crippen LogP contribution in [0.4, 0.5) is 5.69 Å². The third-order valence-electron chi connectivity index (χ3n) is 4.33. The standard InChI is InChI=1S/C16H21NO3/c18-15-5-1-4-14-13(15)3-2-8-17(14)16(19)11-12-6-9-20-10-7-12/h1,4-5,12,18H,2-3,6-11H2. The number of phenols is 1. The first-order valence-electron chi connectivity index (χ1n) is 7.44. The van der Waals surface area contributed by atoms with Crippen LogP contribution in [0, 0.1) is 5.92 Å². The van der Waals surface area contributed by atoms with Gasteiger partial charge in [-0.1, -0.05) is 6.07 Å². The predicted molar refractivity (Wildman–Crippen MR) is 76.9 cm³/mol. The Kier molecular flexibility index (Phi) is 3.92. The summed E-state index contributed by atoms with van der Waals surface area (Å²) in [6.07, 6.45) is 4.32. The summed E-state index contributed by atoms with van der Waals surface area (Å²) < 4.78 is 5.34. The van der Waals surface area contributed by atoms with E-state index >= 15 is 0 Å². The van der Waals surface area contributed by atoms with Gasteiger partial charge in [-0.25, -0.2) is 0 Å². The summed E-state index contributed by atoms with van der Waals surface area (Å²) in [5.41, 5.74) is 1.81. The molecule has 0 unspecified atom stereocenters. The number of rotatable bonds is 2. The third kappa shape index (κ3) is 2.66. The van der Waals surface area contributed by atoms with E-state index in [9.17, 15) is 9.90 Å². The number of fused-ring (bicyclic) bond motifs is 1. The van der Waals surface area contributed by atoms with Gasteiger partial charge in [-0.15, -0.1) is 0 Å². The Bertz CT molecular complexity index is 494. The van der Waals surface area contributed by atoms with E-state index in [1.807, 2.05) is 17.0 Å². The molecule has 108 valence electrons. The van der Waals surface area contributed by atoms with Crippen molar-refractivity contribution in [3.63, 3.8) is 0 Å². The highest BCUT2D eigenvalue weighted by Crippen LogP contribution is 2.34. The maximum Gasteiger partial charge on any atom is 0.227 e. The molecule has 0 radical (unpaired) electrons. The van der Waals surface area contributed by atoms with Crippen LogP contribution in [-0.2, 0) is 16.0 Å². The zero-order chi connectivity index (χ0) is 13.9. The second kappa shape index (κ2) is 5.83. The van der Waals surface area contributed by atoms with Crippen molar-refractivity contribution in [2.24, 2.45) is 5.92 Å². The van der Waals surface area contributed by atoms with Crippen LogP contribution < -0.4 is 4.90 Å². The Morgan fingerprint density at radius 2 is 2.15 bits per heavy atom. The maximum absolute atomic E-state index is 12.5. The minimum Gasteiger partial charge on any atom is -0.508 e. The number of benzene rings is 1. The molecule has 4 heteroatoms. The monoisotopic (exact) mass is 275 g/mol. The molecule has 1 aromatic carbocycles. The molecular weight excluding hydrogens is 254 g/mol. The first-order chi connectivity index (χ1) is 9.75. The van der Waals surface area contributed by atoms with E-state index < -0.39 is 0 Å². The SMILES string of the molecule is O=C(CC1CCOCC1)N1CCCc2c(O)cccc21. The highest BCUT2D eigenvalue weighted by Gasteiger charge is 2.26. The van der Waals surface area contributed by atoms with E-state index in [1.54, 1.807) is 6.07 Å². The Hall–Kier alpha value is -1.55. The third-order valence-corrected chi connectivity index (χ3v) is 4.33. The fourth-order valence-corrected chi connectivity index (χ4v) is 3.17. The molecule has 0 atom stereocenters. The largest absolute Gasteiger partial charge is 0.508 e. The minimum atomic E-state index is 0.184. The van der Waals surface area contributed by atoms with Gasteiger partial charge < -0.3 is 14.7 Å². The molecule has 0 saturated carbocycles. The average Bonchev–Trinajstić information content (AvgIpc) is 2.48. The fraction of sp³-hybridized carbons (Fsp3) is 0.562. The molecule has 1 saturated heterocycles. The highest BCUT2D eigenvalue weighted by molar-refractivity contribution is 5.95. The molecule has 2 aliphatic heterocycles. The van der Waals surface area contributed by atoms with Gasteiger partial charge in [0.1, 0.15) is 5.75 Å². The van der Waals surface area contributed by atoms with E-state index in [4.69, 9.17) is 4.74 Å². The number of nitrogens with zero attached hydrogens (tertiary/aromatic N) is 1. The zero-order valence-corrected chi connectivity index (χ0v) is 11.7. The number of anilines is 1. The normalized spacial score (nSPS) is 19.7. The lowest BCUT2D eigenvalue weighted by Crippen LogP contribution is -2.37. The maximum atomic E-state index is 12.5. The summed E-state index contributed by atoms with van der Waals surface area (Å²) in [7, 11) is 0. The fourth-order valence-electron chi connectivity index (χ4n) is 3.17.